The normalized spacial score (nSPS) is 15.9. The van der Waals surface area contributed by atoms with Crippen molar-refractivity contribution < 1.29 is 23.9 Å². The van der Waals surface area contributed by atoms with Crippen LogP contribution in [0.25, 0.3) is 0 Å². The number of amides is 3. The fourth-order valence-electron chi connectivity index (χ4n) is 3.23. The van der Waals surface area contributed by atoms with Gasteiger partial charge in [0.05, 0.1) is 23.5 Å². The topological polar surface area (TPSA) is 109 Å². The van der Waals surface area contributed by atoms with Crippen LogP contribution in [0, 0.1) is 0 Å². The second-order valence-electron chi connectivity index (χ2n) is 6.65. The van der Waals surface area contributed by atoms with Gasteiger partial charge in [-0.05, 0) is 18.6 Å². The van der Waals surface area contributed by atoms with E-state index in [4.69, 9.17) is 4.74 Å². The van der Waals surface area contributed by atoms with Gasteiger partial charge in [-0.1, -0.05) is 12.1 Å². The first-order valence-electron chi connectivity index (χ1n) is 9.11. The van der Waals surface area contributed by atoms with Gasteiger partial charge in [0.15, 0.2) is 11.7 Å². The van der Waals surface area contributed by atoms with Crippen molar-refractivity contribution in [2.75, 3.05) is 34.8 Å². The average molecular weight is 414 g/mol. The quantitative estimate of drug-likeness (QED) is 0.740. The molecule has 1 N–H and O–H groups in total. The Morgan fingerprint density at radius 3 is 2.86 bits per heavy atom. The maximum absolute atomic E-state index is 12.5. The Labute approximate surface area is 170 Å². The monoisotopic (exact) mass is 414 g/mol. The number of carbonyl (C=O) groups is 4. The Morgan fingerprint density at radius 1 is 1.24 bits per heavy atom. The number of fused-ring (bicyclic) bond motifs is 1. The van der Waals surface area contributed by atoms with Gasteiger partial charge in [0.1, 0.15) is 6.54 Å². The zero-order chi connectivity index (χ0) is 20.4. The van der Waals surface area contributed by atoms with Gasteiger partial charge >= 0.3 is 5.97 Å². The van der Waals surface area contributed by atoms with Crippen LogP contribution in [0.2, 0.25) is 0 Å². The molecule has 3 heterocycles. The number of benzene rings is 1. The Balaban J connectivity index is 1.33. The number of rotatable bonds is 5. The van der Waals surface area contributed by atoms with Crippen molar-refractivity contribution in [2.45, 2.75) is 19.3 Å². The first kappa shape index (κ1) is 19.1. The van der Waals surface area contributed by atoms with Gasteiger partial charge in [0.25, 0.3) is 5.91 Å². The van der Waals surface area contributed by atoms with Crippen LogP contribution in [0.4, 0.5) is 16.5 Å². The van der Waals surface area contributed by atoms with E-state index in [0.29, 0.717) is 35.2 Å². The summed E-state index contributed by atoms with van der Waals surface area (Å²) in [6.07, 6.45) is 1.22. The van der Waals surface area contributed by atoms with E-state index in [1.807, 2.05) is 0 Å². The molecule has 1 fully saturated rings. The molecule has 4 rings (SSSR count). The van der Waals surface area contributed by atoms with Crippen LogP contribution in [-0.4, -0.2) is 48.4 Å². The summed E-state index contributed by atoms with van der Waals surface area (Å²) in [5.41, 5.74) is 1.59. The summed E-state index contributed by atoms with van der Waals surface area (Å²) in [4.78, 5) is 55.4. The molecule has 1 aromatic carbocycles. The number of hydrogen-bond donors (Lipinski definition) is 1. The second kappa shape index (κ2) is 8.00. The molecule has 3 amide bonds. The molecule has 2 aliphatic rings. The lowest BCUT2D eigenvalue weighted by Crippen LogP contribution is -2.44. The summed E-state index contributed by atoms with van der Waals surface area (Å²) in [6, 6.07) is 6.92. The summed E-state index contributed by atoms with van der Waals surface area (Å²) >= 11 is 1.30. The predicted octanol–water partition coefficient (Wildman–Crippen LogP) is 1.34. The van der Waals surface area contributed by atoms with E-state index in [1.54, 1.807) is 34.5 Å². The van der Waals surface area contributed by atoms with Crippen molar-refractivity contribution in [1.29, 1.82) is 0 Å². The maximum atomic E-state index is 12.5. The number of carbonyl (C=O) groups excluding carboxylic acids is 4. The van der Waals surface area contributed by atoms with Gasteiger partial charge in [-0.25, -0.2) is 4.98 Å². The van der Waals surface area contributed by atoms with Gasteiger partial charge in [-0.15, -0.1) is 11.3 Å². The number of nitrogens with one attached hydrogen (secondary N) is 1. The van der Waals surface area contributed by atoms with Crippen molar-refractivity contribution in [3.8, 4) is 0 Å². The van der Waals surface area contributed by atoms with Crippen LogP contribution < -0.4 is 15.1 Å². The molecule has 29 heavy (non-hydrogen) atoms. The highest BCUT2D eigenvalue weighted by molar-refractivity contribution is 7.14. The molecular weight excluding hydrogens is 396 g/mol. The molecule has 10 heteroatoms. The van der Waals surface area contributed by atoms with Gasteiger partial charge in [-0.2, -0.15) is 0 Å². The van der Waals surface area contributed by atoms with Crippen molar-refractivity contribution in [1.82, 2.24) is 4.98 Å². The largest absolute Gasteiger partial charge is 0.455 e. The highest BCUT2D eigenvalue weighted by Crippen LogP contribution is 2.29. The summed E-state index contributed by atoms with van der Waals surface area (Å²) < 4.78 is 5.09. The number of anilines is 3. The average Bonchev–Trinajstić information content (AvgIpc) is 3.34. The van der Waals surface area contributed by atoms with E-state index in [9.17, 15) is 19.2 Å². The first-order chi connectivity index (χ1) is 14.0. The molecule has 2 aromatic rings. The molecule has 1 saturated heterocycles. The van der Waals surface area contributed by atoms with E-state index < -0.39 is 18.5 Å². The lowest BCUT2D eigenvalue weighted by molar-refractivity contribution is -0.147. The SMILES string of the molecule is O=C1CN(C(=O)COC(=O)Cc2csc(N3CCCC3=O)n2)c2ccccc2N1. The summed E-state index contributed by atoms with van der Waals surface area (Å²) in [5.74, 6) is -1.36. The smallest absolute Gasteiger partial charge is 0.312 e. The lowest BCUT2D eigenvalue weighted by atomic mass is 10.2. The second-order valence-corrected chi connectivity index (χ2v) is 7.49. The molecule has 0 aliphatic carbocycles. The van der Waals surface area contributed by atoms with Crippen molar-refractivity contribution in [3.05, 3.63) is 35.3 Å². The third-order valence-electron chi connectivity index (χ3n) is 4.60. The number of thiazole rings is 1. The molecule has 0 atom stereocenters. The minimum absolute atomic E-state index is 0.0323. The summed E-state index contributed by atoms with van der Waals surface area (Å²) in [7, 11) is 0. The van der Waals surface area contributed by atoms with Crippen LogP contribution >= 0.6 is 11.3 Å². The minimum Gasteiger partial charge on any atom is -0.455 e. The molecule has 2 aliphatic heterocycles. The van der Waals surface area contributed by atoms with E-state index in [2.05, 4.69) is 10.3 Å². The van der Waals surface area contributed by atoms with E-state index in [1.165, 1.54) is 16.2 Å². The van der Waals surface area contributed by atoms with Crippen molar-refractivity contribution >= 4 is 51.5 Å². The van der Waals surface area contributed by atoms with Gasteiger partial charge < -0.3 is 10.1 Å². The lowest BCUT2D eigenvalue weighted by Gasteiger charge is -2.28. The number of ether oxygens (including phenoxy) is 1. The number of nitrogens with zero attached hydrogens (tertiary/aromatic N) is 3. The van der Waals surface area contributed by atoms with Crippen LogP contribution in [0.5, 0.6) is 0 Å². The number of hydrogen-bond acceptors (Lipinski definition) is 7. The van der Waals surface area contributed by atoms with Gasteiger partial charge in [0, 0.05) is 18.3 Å². The highest BCUT2D eigenvalue weighted by atomic mass is 32.1. The van der Waals surface area contributed by atoms with E-state index in [0.717, 1.165) is 6.42 Å². The van der Waals surface area contributed by atoms with Gasteiger partial charge in [-0.3, -0.25) is 29.0 Å². The minimum atomic E-state index is -0.599. The zero-order valence-corrected chi connectivity index (χ0v) is 16.2. The standard InChI is InChI=1S/C19H18N4O5S/c24-15-9-23(14-5-2-1-4-13(14)21-15)17(26)10-28-18(27)8-12-11-29-19(20-12)22-7-3-6-16(22)25/h1-2,4-5,11H,3,6-10H2,(H,21,24). The van der Waals surface area contributed by atoms with Crippen LogP contribution in [0.15, 0.2) is 29.6 Å². The fourth-order valence-corrected chi connectivity index (χ4v) is 4.09. The van der Waals surface area contributed by atoms with Gasteiger partial charge in [0.2, 0.25) is 11.8 Å². The molecule has 150 valence electrons. The van der Waals surface area contributed by atoms with E-state index in [-0.39, 0.29) is 24.8 Å². The van der Waals surface area contributed by atoms with Crippen LogP contribution in [0.3, 0.4) is 0 Å². The molecule has 9 nitrogen and oxygen atoms in total. The maximum Gasteiger partial charge on any atom is 0.312 e. The molecule has 1 aromatic heterocycles. The molecule has 0 radical (unpaired) electrons. The summed E-state index contributed by atoms with van der Waals surface area (Å²) in [6.45, 7) is 0.0321. The number of aromatic nitrogens is 1. The van der Waals surface area contributed by atoms with Crippen LogP contribution in [0.1, 0.15) is 18.5 Å². The molecular formula is C19H18N4O5S. The number of para-hydroxylation sites is 2. The van der Waals surface area contributed by atoms with Crippen molar-refractivity contribution in [3.63, 3.8) is 0 Å². The zero-order valence-electron chi connectivity index (χ0n) is 15.4. The fraction of sp³-hybridized carbons (Fsp3) is 0.316. The molecule has 0 spiro atoms. The summed E-state index contributed by atoms with van der Waals surface area (Å²) in [5, 5.41) is 4.97. The first-order valence-corrected chi connectivity index (χ1v) is 9.99. The third-order valence-corrected chi connectivity index (χ3v) is 5.51. The Kier molecular flexibility index (Phi) is 5.26. The predicted molar refractivity (Wildman–Crippen MR) is 106 cm³/mol. The molecule has 0 unspecified atom stereocenters. The Morgan fingerprint density at radius 2 is 2.07 bits per heavy atom. The Bertz CT molecular complexity index is 988. The van der Waals surface area contributed by atoms with Crippen molar-refractivity contribution in [2.24, 2.45) is 0 Å². The van der Waals surface area contributed by atoms with E-state index >= 15 is 0 Å². The highest BCUT2D eigenvalue weighted by Gasteiger charge is 2.28. The van der Waals surface area contributed by atoms with Crippen LogP contribution in [-0.2, 0) is 30.3 Å². The third kappa shape index (κ3) is 4.11. The Hall–Kier alpha value is -3.27. The molecule has 0 bridgehead atoms. The number of esters is 1. The molecule has 0 saturated carbocycles.